The summed E-state index contributed by atoms with van der Waals surface area (Å²) < 4.78 is 7.13. The average Bonchev–Trinajstić information content (AvgIpc) is 2.96. The van der Waals surface area contributed by atoms with Gasteiger partial charge in [-0.2, -0.15) is 0 Å². The molecule has 6 heteroatoms. The summed E-state index contributed by atoms with van der Waals surface area (Å²) in [6.07, 6.45) is 3.42. The van der Waals surface area contributed by atoms with Gasteiger partial charge in [0, 0.05) is 5.56 Å². The molecule has 1 aliphatic heterocycles. The van der Waals surface area contributed by atoms with Gasteiger partial charge >= 0.3 is 5.97 Å². The van der Waals surface area contributed by atoms with E-state index < -0.39 is 5.97 Å². The van der Waals surface area contributed by atoms with E-state index in [2.05, 4.69) is 43.6 Å². The quantitative estimate of drug-likeness (QED) is 0.352. The molecule has 2 aromatic carbocycles. The number of carbonyl (C=O) groups excluding carboxylic acids is 1. The number of hydrogen-bond donors (Lipinski definition) is 0. The number of carbonyl (C=O) groups is 1. The van der Waals surface area contributed by atoms with Crippen LogP contribution in [0.2, 0.25) is 0 Å². The first-order chi connectivity index (χ1) is 12.1. The first-order valence-corrected chi connectivity index (χ1v) is 8.98. The van der Waals surface area contributed by atoms with Gasteiger partial charge in [0.2, 0.25) is 0 Å². The number of ether oxygens (including phenoxy) is 1. The van der Waals surface area contributed by atoms with Gasteiger partial charge in [-0.15, -0.1) is 0 Å². The third-order valence-electron chi connectivity index (χ3n) is 3.42. The summed E-state index contributed by atoms with van der Waals surface area (Å²) in [6.45, 7) is 4.03. The van der Waals surface area contributed by atoms with Crippen molar-refractivity contribution in [3.8, 4) is 5.75 Å². The molecule has 0 spiro atoms. The van der Waals surface area contributed by atoms with E-state index in [4.69, 9.17) is 9.57 Å². The van der Waals surface area contributed by atoms with Crippen molar-refractivity contribution >= 4 is 49.6 Å². The molecule has 0 aromatic heterocycles. The fourth-order valence-corrected chi connectivity index (χ4v) is 3.77. The normalized spacial score (nSPS) is 15.0. The van der Waals surface area contributed by atoms with E-state index in [0.29, 0.717) is 23.6 Å². The highest BCUT2D eigenvalue weighted by atomic mass is 79.9. The number of oxime groups is 1. The fourth-order valence-electron chi connectivity index (χ4n) is 2.32. The van der Waals surface area contributed by atoms with Crippen LogP contribution in [0, 0.1) is 0 Å². The molecule has 4 nitrogen and oxygen atoms in total. The lowest BCUT2D eigenvalue weighted by Crippen LogP contribution is -2.06. The van der Waals surface area contributed by atoms with Crippen molar-refractivity contribution in [2.75, 3.05) is 6.61 Å². The van der Waals surface area contributed by atoms with Crippen LogP contribution in [0.5, 0.6) is 5.75 Å². The predicted molar refractivity (Wildman–Crippen MR) is 105 cm³/mol. The van der Waals surface area contributed by atoms with Gasteiger partial charge in [-0.25, -0.2) is 4.79 Å². The van der Waals surface area contributed by atoms with Gasteiger partial charge in [0.05, 0.1) is 14.5 Å². The molecule has 0 bridgehead atoms. The summed E-state index contributed by atoms with van der Waals surface area (Å²) in [5.41, 5.74) is 2.56. The van der Waals surface area contributed by atoms with E-state index in [-0.39, 0.29) is 0 Å². The molecule has 0 unspecified atom stereocenters. The van der Waals surface area contributed by atoms with Crippen LogP contribution in [-0.4, -0.2) is 18.3 Å². The summed E-state index contributed by atoms with van der Waals surface area (Å²) in [5.74, 6) is 0.200. The fraction of sp³-hybridized carbons (Fsp3) is 0.0526. The molecule has 0 saturated carbocycles. The minimum absolute atomic E-state index is 0.398. The first-order valence-electron chi connectivity index (χ1n) is 7.39. The molecule has 0 fully saturated rings. The summed E-state index contributed by atoms with van der Waals surface area (Å²) in [6, 6.07) is 13.2. The van der Waals surface area contributed by atoms with E-state index in [0.717, 1.165) is 20.1 Å². The van der Waals surface area contributed by atoms with Gasteiger partial charge in [0.1, 0.15) is 18.1 Å². The van der Waals surface area contributed by atoms with Crippen LogP contribution in [0.25, 0.3) is 6.08 Å². The van der Waals surface area contributed by atoms with Crippen LogP contribution >= 0.6 is 31.9 Å². The average molecular weight is 463 g/mol. The molecule has 0 radical (unpaired) electrons. The van der Waals surface area contributed by atoms with Crippen LogP contribution < -0.4 is 4.74 Å². The van der Waals surface area contributed by atoms with Crippen molar-refractivity contribution in [3.05, 3.63) is 80.8 Å². The Labute approximate surface area is 162 Å². The smallest absolute Gasteiger partial charge is 0.368 e. The molecule has 0 aliphatic carbocycles. The largest absolute Gasteiger partial charge is 0.487 e. The Bertz CT molecular complexity index is 866. The van der Waals surface area contributed by atoms with Gasteiger partial charge in [-0.1, -0.05) is 48.1 Å². The van der Waals surface area contributed by atoms with Crippen molar-refractivity contribution in [1.82, 2.24) is 0 Å². The van der Waals surface area contributed by atoms with E-state index in [1.165, 1.54) is 0 Å². The second kappa shape index (κ2) is 7.80. The highest BCUT2D eigenvalue weighted by molar-refractivity contribution is 9.11. The number of rotatable bonds is 5. The molecule has 25 heavy (non-hydrogen) atoms. The predicted octanol–water partition coefficient (Wildman–Crippen LogP) is 5.12. The van der Waals surface area contributed by atoms with Gasteiger partial charge in [-0.05, 0) is 55.6 Å². The zero-order valence-corrected chi connectivity index (χ0v) is 16.2. The Morgan fingerprint density at radius 2 is 1.84 bits per heavy atom. The van der Waals surface area contributed by atoms with Crippen molar-refractivity contribution in [3.63, 3.8) is 0 Å². The lowest BCUT2D eigenvalue weighted by atomic mass is 10.0. The topological polar surface area (TPSA) is 47.9 Å². The van der Waals surface area contributed by atoms with Gasteiger partial charge in [0.15, 0.2) is 0 Å². The zero-order valence-electron chi connectivity index (χ0n) is 13.0. The van der Waals surface area contributed by atoms with E-state index >= 15 is 0 Å². The molecule has 0 amide bonds. The summed E-state index contributed by atoms with van der Waals surface area (Å²) in [5, 5.41) is 3.91. The second-order valence-electron chi connectivity index (χ2n) is 5.16. The van der Waals surface area contributed by atoms with Crippen LogP contribution in [0.4, 0.5) is 0 Å². The highest BCUT2D eigenvalue weighted by Crippen LogP contribution is 2.36. The molecule has 0 saturated heterocycles. The second-order valence-corrected chi connectivity index (χ2v) is 6.86. The Balaban J connectivity index is 1.97. The Kier molecular flexibility index (Phi) is 5.50. The van der Waals surface area contributed by atoms with Crippen molar-refractivity contribution in [2.45, 2.75) is 0 Å². The highest BCUT2D eigenvalue weighted by Gasteiger charge is 2.26. The van der Waals surface area contributed by atoms with E-state index in [1.54, 1.807) is 12.2 Å². The standard InChI is InChI=1S/C19H13Br2NO3/c1-2-8-24-18-15(20)10-12(11-16(18)21)9-14-17(22-25-19(14)23)13-6-4-3-5-7-13/h2-7,9-11H,1,8H2/b14-9-. The molecule has 0 atom stereocenters. The van der Waals surface area contributed by atoms with Crippen LogP contribution in [-0.2, 0) is 9.63 Å². The Hall–Kier alpha value is -2.18. The summed E-state index contributed by atoms with van der Waals surface area (Å²) in [4.78, 5) is 16.9. The zero-order chi connectivity index (χ0) is 17.8. The lowest BCUT2D eigenvalue weighted by molar-refractivity contribution is -0.136. The van der Waals surface area contributed by atoms with Gasteiger partial charge in [-0.3, -0.25) is 0 Å². The molecule has 1 aliphatic rings. The maximum Gasteiger partial charge on any atom is 0.368 e. The molecular weight excluding hydrogens is 450 g/mol. The molecular formula is C19H13Br2NO3. The van der Waals surface area contributed by atoms with Crippen LogP contribution in [0.1, 0.15) is 11.1 Å². The van der Waals surface area contributed by atoms with Crippen LogP contribution in [0.3, 0.4) is 0 Å². The van der Waals surface area contributed by atoms with Crippen molar-refractivity contribution in [1.29, 1.82) is 0 Å². The van der Waals surface area contributed by atoms with Crippen molar-refractivity contribution < 1.29 is 14.4 Å². The minimum Gasteiger partial charge on any atom is -0.487 e. The summed E-state index contributed by atoms with van der Waals surface area (Å²) >= 11 is 6.98. The third-order valence-corrected chi connectivity index (χ3v) is 4.60. The molecule has 0 N–H and O–H groups in total. The lowest BCUT2D eigenvalue weighted by Gasteiger charge is -2.10. The van der Waals surface area contributed by atoms with E-state index in [1.807, 2.05) is 42.5 Å². The van der Waals surface area contributed by atoms with Gasteiger partial charge < -0.3 is 9.57 Å². The summed E-state index contributed by atoms with van der Waals surface area (Å²) in [7, 11) is 0. The molecule has 126 valence electrons. The number of hydrogen-bond acceptors (Lipinski definition) is 4. The van der Waals surface area contributed by atoms with Crippen LogP contribution in [0.15, 0.2) is 74.8 Å². The van der Waals surface area contributed by atoms with E-state index in [9.17, 15) is 4.79 Å². The maximum absolute atomic E-state index is 12.1. The monoisotopic (exact) mass is 461 g/mol. The third kappa shape index (κ3) is 3.91. The molecule has 3 rings (SSSR count). The van der Waals surface area contributed by atoms with Gasteiger partial charge in [0.25, 0.3) is 0 Å². The molecule has 1 heterocycles. The minimum atomic E-state index is -0.474. The Morgan fingerprint density at radius 1 is 1.16 bits per heavy atom. The SMILES string of the molecule is C=CCOc1c(Br)cc(/C=C2\C(=O)ON=C2c2ccccc2)cc1Br. The maximum atomic E-state index is 12.1. The van der Waals surface area contributed by atoms with Crippen molar-refractivity contribution in [2.24, 2.45) is 5.16 Å². The molecule has 2 aromatic rings. The number of nitrogens with zero attached hydrogens (tertiary/aromatic N) is 1. The number of halogens is 2. The number of benzene rings is 2. The first kappa shape index (κ1) is 17.6. The Morgan fingerprint density at radius 3 is 2.48 bits per heavy atom.